The summed E-state index contributed by atoms with van der Waals surface area (Å²) in [6, 6.07) is 6.52. The van der Waals surface area contributed by atoms with Crippen LogP contribution in [0.15, 0.2) is 28.1 Å². The first-order valence-corrected chi connectivity index (χ1v) is 7.96. The molecule has 2 aromatic rings. The smallest absolute Gasteiger partial charge is 0.124 e. The molecule has 5 heteroatoms. The topological polar surface area (TPSA) is 34.2 Å². The van der Waals surface area contributed by atoms with Gasteiger partial charge in [0.15, 0.2) is 0 Å². The third-order valence-electron chi connectivity index (χ3n) is 3.21. The number of rotatable bonds is 3. The summed E-state index contributed by atoms with van der Waals surface area (Å²) in [5.41, 5.74) is 2.35. The van der Waals surface area contributed by atoms with Crippen LogP contribution in [-0.4, -0.2) is 11.6 Å². The third-order valence-corrected chi connectivity index (χ3v) is 4.52. The molecule has 2 heterocycles. The van der Waals surface area contributed by atoms with Crippen molar-refractivity contribution in [2.45, 2.75) is 25.9 Å². The monoisotopic (exact) mass is 338 g/mol. The Bertz CT molecular complexity index is 585. The number of benzene rings is 1. The number of aryl methyl sites for hydroxylation is 1. The second kappa shape index (κ2) is 5.61. The summed E-state index contributed by atoms with van der Waals surface area (Å²) in [5.74, 6) is 0.987. The summed E-state index contributed by atoms with van der Waals surface area (Å²) < 4.78 is 6.78. The van der Waals surface area contributed by atoms with E-state index in [1.54, 1.807) is 11.3 Å². The predicted molar refractivity (Wildman–Crippen MR) is 80.7 cm³/mol. The zero-order valence-corrected chi connectivity index (χ0v) is 13.1. The largest absolute Gasteiger partial charge is 0.493 e. The van der Waals surface area contributed by atoms with E-state index in [4.69, 9.17) is 4.74 Å². The van der Waals surface area contributed by atoms with Crippen LogP contribution in [-0.2, 0) is 6.54 Å². The zero-order chi connectivity index (χ0) is 13.2. The lowest BCUT2D eigenvalue weighted by Crippen LogP contribution is -2.26. The fourth-order valence-electron chi connectivity index (χ4n) is 2.29. The van der Waals surface area contributed by atoms with Gasteiger partial charge in [-0.1, -0.05) is 15.9 Å². The van der Waals surface area contributed by atoms with Gasteiger partial charge in [-0.3, -0.25) is 0 Å². The highest BCUT2D eigenvalue weighted by atomic mass is 79.9. The molecule has 100 valence electrons. The number of nitrogens with one attached hydrogen (secondary N) is 1. The number of ether oxygens (including phenoxy) is 1. The standard InChI is InChI=1S/C14H15BrN2OS/c1-9-17-11(8-19-9)7-16-13-4-5-18-14-3-2-10(15)6-12(13)14/h2-3,6,8,13,16H,4-5,7H2,1H3. The molecule has 0 spiro atoms. The molecule has 1 atom stereocenters. The first-order chi connectivity index (χ1) is 9.22. The average molecular weight is 339 g/mol. The van der Waals surface area contributed by atoms with E-state index >= 15 is 0 Å². The molecule has 3 rings (SSSR count). The van der Waals surface area contributed by atoms with Gasteiger partial charge in [0.1, 0.15) is 5.75 Å². The van der Waals surface area contributed by atoms with Crippen molar-refractivity contribution >= 4 is 27.3 Å². The molecule has 0 saturated carbocycles. The van der Waals surface area contributed by atoms with Crippen molar-refractivity contribution in [2.75, 3.05) is 6.61 Å². The van der Waals surface area contributed by atoms with Gasteiger partial charge in [0.05, 0.1) is 17.3 Å². The molecule has 0 radical (unpaired) electrons. The van der Waals surface area contributed by atoms with E-state index in [-0.39, 0.29) is 0 Å². The first-order valence-electron chi connectivity index (χ1n) is 6.29. The van der Waals surface area contributed by atoms with Crippen molar-refractivity contribution in [3.8, 4) is 5.75 Å². The minimum atomic E-state index is 0.336. The summed E-state index contributed by atoms with van der Waals surface area (Å²) in [5, 5.41) is 6.81. The highest BCUT2D eigenvalue weighted by molar-refractivity contribution is 9.10. The second-order valence-corrected chi connectivity index (χ2v) is 6.59. The number of nitrogens with zero attached hydrogens (tertiary/aromatic N) is 1. The SMILES string of the molecule is Cc1nc(CNC2CCOc3ccc(Br)cc32)cs1. The minimum absolute atomic E-state index is 0.336. The van der Waals surface area contributed by atoms with Crippen LogP contribution in [0.3, 0.4) is 0 Å². The van der Waals surface area contributed by atoms with Crippen LogP contribution in [0, 0.1) is 6.92 Å². The molecular formula is C14H15BrN2OS. The average Bonchev–Trinajstić information content (AvgIpc) is 2.82. The van der Waals surface area contributed by atoms with Gasteiger partial charge < -0.3 is 10.1 Å². The van der Waals surface area contributed by atoms with Gasteiger partial charge in [-0.05, 0) is 25.1 Å². The maximum Gasteiger partial charge on any atom is 0.124 e. The molecule has 1 N–H and O–H groups in total. The van der Waals surface area contributed by atoms with Crippen LogP contribution in [0.2, 0.25) is 0 Å². The van der Waals surface area contributed by atoms with Crippen molar-refractivity contribution in [1.82, 2.24) is 10.3 Å². The number of fused-ring (bicyclic) bond motifs is 1. The molecule has 0 saturated heterocycles. The number of halogens is 1. The number of aromatic nitrogens is 1. The molecule has 19 heavy (non-hydrogen) atoms. The van der Waals surface area contributed by atoms with E-state index in [1.807, 2.05) is 19.1 Å². The zero-order valence-electron chi connectivity index (χ0n) is 10.6. The van der Waals surface area contributed by atoms with Gasteiger partial charge in [-0.15, -0.1) is 11.3 Å². The number of hydrogen-bond acceptors (Lipinski definition) is 4. The fraction of sp³-hybridized carbons (Fsp3) is 0.357. The summed E-state index contributed by atoms with van der Waals surface area (Å²) in [6.45, 7) is 3.61. The number of hydrogen-bond donors (Lipinski definition) is 1. The van der Waals surface area contributed by atoms with Crippen molar-refractivity contribution in [3.05, 3.63) is 44.3 Å². The molecule has 1 aliphatic rings. The molecular weight excluding hydrogens is 324 g/mol. The van der Waals surface area contributed by atoms with E-state index in [1.165, 1.54) is 5.56 Å². The van der Waals surface area contributed by atoms with Crippen LogP contribution < -0.4 is 10.1 Å². The van der Waals surface area contributed by atoms with Crippen molar-refractivity contribution in [2.24, 2.45) is 0 Å². The molecule has 1 aliphatic heterocycles. The Hall–Kier alpha value is -0.910. The normalized spacial score (nSPS) is 17.9. The highest BCUT2D eigenvalue weighted by Gasteiger charge is 2.21. The maximum atomic E-state index is 5.69. The predicted octanol–water partition coefficient (Wildman–Crippen LogP) is 3.83. The van der Waals surface area contributed by atoms with Gasteiger partial charge >= 0.3 is 0 Å². The van der Waals surface area contributed by atoms with Crippen LogP contribution >= 0.6 is 27.3 Å². The van der Waals surface area contributed by atoms with Crippen molar-refractivity contribution < 1.29 is 4.74 Å². The quantitative estimate of drug-likeness (QED) is 0.923. The fourth-order valence-corrected chi connectivity index (χ4v) is 3.29. The lowest BCUT2D eigenvalue weighted by atomic mass is 10.0. The Morgan fingerprint density at radius 2 is 2.42 bits per heavy atom. The molecule has 3 nitrogen and oxygen atoms in total. The van der Waals surface area contributed by atoms with E-state index in [9.17, 15) is 0 Å². The van der Waals surface area contributed by atoms with Crippen molar-refractivity contribution in [3.63, 3.8) is 0 Å². The Labute approximate surface area is 125 Å². The van der Waals surface area contributed by atoms with Gasteiger partial charge in [0.2, 0.25) is 0 Å². The lowest BCUT2D eigenvalue weighted by Gasteiger charge is -2.26. The number of thiazole rings is 1. The Morgan fingerprint density at radius 3 is 3.21 bits per heavy atom. The lowest BCUT2D eigenvalue weighted by molar-refractivity contribution is 0.252. The second-order valence-electron chi connectivity index (χ2n) is 4.61. The Kier molecular flexibility index (Phi) is 3.86. The Morgan fingerprint density at radius 1 is 1.53 bits per heavy atom. The van der Waals surface area contributed by atoms with E-state index in [2.05, 4.69) is 37.7 Å². The van der Waals surface area contributed by atoms with Crippen LogP contribution in [0.5, 0.6) is 5.75 Å². The highest BCUT2D eigenvalue weighted by Crippen LogP contribution is 2.34. The molecule has 0 fully saturated rings. The molecule has 0 bridgehead atoms. The van der Waals surface area contributed by atoms with Crippen LogP contribution in [0.1, 0.15) is 28.7 Å². The maximum absolute atomic E-state index is 5.69. The van der Waals surface area contributed by atoms with E-state index in [0.29, 0.717) is 6.04 Å². The van der Waals surface area contributed by atoms with Gasteiger partial charge in [0, 0.05) is 34.4 Å². The van der Waals surface area contributed by atoms with Gasteiger partial charge in [0.25, 0.3) is 0 Å². The summed E-state index contributed by atoms with van der Waals surface area (Å²) in [6.07, 6.45) is 0.993. The summed E-state index contributed by atoms with van der Waals surface area (Å²) in [7, 11) is 0. The molecule has 1 unspecified atom stereocenters. The minimum Gasteiger partial charge on any atom is -0.493 e. The van der Waals surface area contributed by atoms with Gasteiger partial charge in [-0.25, -0.2) is 4.98 Å². The molecule has 1 aromatic heterocycles. The molecule has 0 aliphatic carbocycles. The molecule has 0 amide bonds. The van der Waals surface area contributed by atoms with Crippen molar-refractivity contribution in [1.29, 1.82) is 0 Å². The first kappa shape index (κ1) is 13.1. The summed E-state index contributed by atoms with van der Waals surface area (Å²) >= 11 is 5.22. The van der Waals surface area contributed by atoms with E-state index < -0.39 is 0 Å². The Balaban J connectivity index is 1.74. The third kappa shape index (κ3) is 2.99. The van der Waals surface area contributed by atoms with Gasteiger partial charge in [-0.2, -0.15) is 0 Å². The van der Waals surface area contributed by atoms with E-state index in [0.717, 1.165) is 40.5 Å². The molecule has 1 aromatic carbocycles. The van der Waals surface area contributed by atoms with Crippen LogP contribution in [0.25, 0.3) is 0 Å². The van der Waals surface area contributed by atoms with Crippen LogP contribution in [0.4, 0.5) is 0 Å². The summed E-state index contributed by atoms with van der Waals surface area (Å²) in [4.78, 5) is 4.48.